The van der Waals surface area contributed by atoms with E-state index >= 15 is 0 Å². The summed E-state index contributed by atoms with van der Waals surface area (Å²) in [6.07, 6.45) is 1.05. The molecule has 0 saturated carbocycles. The fraction of sp³-hybridized carbons (Fsp3) is 0.286. The number of hydrogen-bond acceptors (Lipinski definition) is 4. The van der Waals surface area contributed by atoms with E-state index in [1.165, 1.54) is 11.3 Å². The third kappa shape index (κ3) is 4.71. The highest BCUT2D eigenvalue weighted by molar-refractivity contribution is 7.92. The van der Waals surface area contributed by atoms with Crippen molar-refractivity contribution in [2.24, 2.45) is 0 Å². The van der Waals surface area contributed by atoms with Gasteiger partial charge in [0.05, 0.1) is 10.6 Å². The Morgan fingerprint density at radius 2 is 2.10 bits per heavy atom. The second-order valence-corrected chi connectivity index (χ2v) is 7.66. The lowest BCUT2D eigenvalue weighted by molar-refractivity contribution is 0.601. The molecular formula is C14H17ClN2O2S2. The topological polar surface area (TPSA) is 58.2 Å². The number of sulfonamides is 1. The number of nitrogens with one attached hydrogen (secondary N) is 2. The number of halogens is 1. The Kier molecular flexibility index (Phi) is 5.64. The van der Waals surface area contributed by atoms with Crippen LogP contribution in [0.2, 0.25) is 5.02 Å². The Bertz CT molecular complexity index is 699. The Labute approximate surface area is 134 Å². The summed E-state index contributed by atoms with van der Waals surface area (Å²) in [5.41, 5.74) is 0.458. The van der Waals surface area contributed by atoms with Crippen molar-refractivity contribution in [3.05, 3.63) is 45.6 Å². The summed E-state index contributed by atoms with van der Waals surface area (Å²) in [6, 6.07) is 8.34. The van der Waals surface area contributed by atoms with Gasteiger partial charge in [0, 0.05) is 21.8 Å². The van der Waals surface area contributed by atoms with Crippen LogP contribution in [-0.2, 0) is 16.6 Å². The quantitative estimate of drug-likeness (QED) is 0.753. The van der Waals surface area contributed by atoms with Crippen molar-refractivity contribution in [1.82, 2.24) is 5.32 Å². The smallest absolute Gasteiger partial charge is 0.262 e. The largest absolute Gasteiger partial charge is 0.312 e. The molecule has 2 aromatic rings. The lowest BCUT2D eigenvalue weighted by atomic mass is 10.3. The zero-order valence-corrected chi connectivity index (χ0v) is 14.0. The molecule has 114 valence electrons. The Morgan fingerprint density at radius 3 is 2.81 bits per heavy atom. The molecule has 0 unspecified atom stereocenters. The molecule has 4 nitrogen and oxygen atoms in total. The molecule has 2 N–H and O–H groups in total. The van der Waals surface area contributed by atoms with E-state index in [9.17, 15) is 8.42 Å². The van der Waals surface area contributed by atoms with Gasteiger partial charge in [-0.3, -0.25) is 4.72 Å². The maximum atomic E-state index is 12.3. The van der Waals surface area contributed by atoms with Gasteiger partial charge in [0.2, 0.25) is 0 Å². The van der Waals surface area contributed by atoms with E-state index < -0.39 is 10.0 Å². The van der Waals surface area contributed by atoms with E-state index in [0.717, 1.165) is 17.8 Å². The van der Waals surface area contributed by atoms with E-state index in [-0.39, 0.29) is 4.90 Å². The molecule has 0 aliphatic carbocycles. The van der Waals surface area contributed by atoms with Gasteiger partial charge in [0.25, 0.3) is 10.0 Å². The predicted octanol–water partition coefficient (Wildman–Crippen LogP) is 3.70. The van der Waals surface area contributed by atoms with Crippen LogP contribution in [0.5, 0.6) is 0 Å². The van der Waals surface area contributed by atoms with Crippen molar-refractivity contribution in [1.29, 1.82) is 0 Å². The molecule has 0 amide bonds. The van der Waals surface area contributed by atoms with Crippen LogP contribution >= 0.6 is 22.9 Å². The van der Waals surface area contributed by atoms with Gasteiger partial charge in [-0.2, -0.15) is 0 Å². The van der Waals surface area contributed by atoms with Gasteiger partial charge in [-0.1, -0.05) is 24.6 Å². The maximum absolute atomic E-state index is 12.3. The summed E-state index contributed by atoms with van der Waals surface area (Å²) in [4.78, 5) is 1.27. The fourth-order valence-corrected chi connectivity index (χ4v) is 4.23. The van der Waals surface area contributed by atoms with Crippen LogP contribution in [0.1, 0.15) is 18.2 Å². The fourth-order valence-electron chi connectivity index (χ4n) is 1.75. The highest BCUT2D eigenvalue weighted by Gasteiger charge is 2.16. The molecular weight excluding hydrogens is 328 g/mol. The lowest BCUT2D eigenvalue weighted by Crippen LogP contribution is -2.13. The van der Waals surface area contributed by atoms with Crippen LogP contribution in [0, 0.1) is 0 Å². The summed E-state index contributed by atoms with van der Waals surface area (Å²) in [6.45, 7) is 3.69. The van der Waals surface area contributed by atoms with Crippen LogP contribution < -0.4 is 10.0 Å². The van der Waals surface area contributed by atoms with Crippen LogP contribution in [-0.4, -0.2) is 15.0 Å². The van der Waals surface area contributed by atoms with E-state index in [1.54, 1.807) is 35.7 Å². The molecule has 0 spiro atoms. The monoisotopic (exact) mass is 344 g/mol. The highest BCUT2D eigenvalue weighted by Crippen LogP contribution is 2.23. The highest BCUT2D eigenvalue weighted by atomic mass is 35.5. The maximum Gasteiger partial charge on any atom is 0.262 e. The Morgan fingerprint density at radius 1 is 1.29 bits per heavy atom. The van der Waals surface area contributed by atoms with Gasteiger partial charge < -0.3 is 5.32 Å². The number of thiophene rings is 1. The molecule has 7 heteroatoms. The normalized spacial score (nSPS) is 11.5. The number of anilines is 1. The van der Waals surface area contributed by atoms with Crippen molar-refractivity contribution in [2.75, 3.05) is 11.3 Å². The molecule has 0 atom stereocenters. The summed E-state index contributed by atoms with van der Waals surface area (Å²) in [5, 5.41) is 5.39. The minimum atomic E-state index is -3.57. The zero-order chi connectivity index (χ0) is 15.3. The first-order valence-electron chi connectivity index (χ1n) is 6.58. The molecule has 0 fully saturated rings. The Hall–Kier alpha value is -1.08. The van der Waals surface area contributed by atoms with E-state index in [1.807, 2.05) is 0 Å². The SMILES string of the molecule is CCCNCc1cc(S(=O)(=O)Nc2cccc(Cl)c2)cs1. The predicted molar refractivity (Wildman–Crippen MR) is 88.6 cm³/mol. The second-order valence-electron chi connectivity index (χ2n) is 4.54. The molecule has 0 aliphatic heterocycles. The second kappa shape index (κ2) is 7.26. The molecule has 1 aromatic carbocycles. The van der Waals surface area contributed by atoms with Crippen molar-refractivity contribution in [3.63, 3.8) is 0 Å². The summed E-state index contributed by atoms with van der Waals surface area (Å²) in [5.74, 6) is 0. The molecule has 0 radical (unpaired) electrons. The van der Waals surface area contributed by atoms with E-state index in [0.29, 0.717) is 17.3 Å². The van der Waals surface area contributed by atoms with Gasteiger partial charge in [0.15, 0.2) is 0 Å². The van der Waals surface area contributed by atoms with Crippen LogP contribution in [0.3, 0.4) is 0 Å². The molecule has 1 aromatic heterocycles. The number of hydrogen-bond donors (Lipinski definition) is 2. The molecule has 2 rings (SSSR count). The number of benzene rings is 1. The first-order valence-corrected chi connectivity index (χ1v) is 9.32. The van der Waals surface area contributed by atoms with Gasteiger partial charge in [-0.15, -0.1) is 11.3 Å². The third-order valence-electron chi connectivity index (χ3n) is 2.74. The first-order chi connectivity index (χ1) is 10.0. The van der Waals surface area contributed by atoms with Gasteiger partial charge in [0.1, 0.15) is 0 Å². The van der Waals surface area contributed by atoms with Crippen molar-refractivity contribution >= 4 is 38.6 Å². The van der Waals surface area contributed by atoms with Crippen LogP contribution in [0.25, 0.3) is 0 Å². The minimum absolute atomic E-state index is 0.278. The van der Waals surface area contributed by atoms with Crippen molar-refractivity contribution < 1.29 is 8.42 Å². The van der Waals surface area contributed by atoms with Crippen molar-refractivity contribution in [3.8, 4) is 0 Å². The average Bonchev–Trinajstić information content (AvgIpc) is 2.88. The molecule has 1 heterocycles. The van der Waals surface area contributed by atoms with Gasteiger partial charge in [-0.05, 0) is 37.2 Å². The van der Waals surface area contributed by atoms with Crippen LogP contribution in [0.4, 0.5) is 5.69 Å². The standard InChI is InChI=1S/C14H17ClN2O2S2/c1-2-6-16-9-13-8-14(10-20-13)21(18,19)17-12-5-3-4-11(15)7-12/h3-5,7-8,10,16-17H,2,6,9H2,1H3. The average molecular weight is 345 g/mol. The molecule has 21 heavy (non-hydrogen) atoms. The van der Waals surface area contributed by atoms with Crippen LogP contribution in [0.15, 0.2) is 40.6 Å². The molecule has 0 saturated heterocycles. The third-order valence-corrected chi connectivity index (χ3v) is 5.42. The molecule has 0 aliphatic rings. The first kappa shape index (κ1) is 16.3. The summed E-state index contributed by atoms with van der Waals surface area (Å²) < 4.78 is 27.1. The van der Waals surface area contributed by atoms with Gasteiger partial charge in [-0.25, -0.2) is 8.42 Å². The van der Waals surface area contributed by atoms with Gasteiger partial charge >= 0.3 is 0 Å². The minimum Gasteiger partial charge on any atom is -0.312 e. The van der Waals surface area contributed by atoms with E-state index in [2.05, 4.69) is 17.0 Å². The summed E-state index contributed by atoms with van der Waals surface area (Å²) in [7, 11) is -3.57. The molecule has 0 bridgehead atoms. The van der Waals surface area contributed by atoms with E-state index in [4.69, 9.17) is 11.6 Å². The lowest BCUT2D eigenvalue weighted by Gasteiger charge is -2.06. The summed E-state index contributed by atoms with van der Waals surface area (Å²) >= 11 is 7.29. The number of rotatable bonds is 7. The van der Waals surface area contributed by atoms with Crippen molar-refractivity contribution in [2.45, 2.75) is 24.8 Å². The zero-order valence-electron chi connectivity index (χ0n) is 11.6. The Balaban J connectivity index is 2.09.